The summed E-state index contributed by atoms with van der Waals surface area (Å²) in [6.45, 7) is 2.25. The van der Waals surface area contributed by atoms with Crippen molar-refractivity contribution >= 4 is 28.7 Å². The first-order valence-corrected chi connectivity index (χ1v) is 12.3. The van der Waals surface area contributed by atoms with E-state index in [9.17, 15) is 22.4 Å². The molecule has 9 nitrogen and oxygen atoms in total. The number of nitrogens with one attached hydrogen (secondary N) is 2. The number of nitrogens with zero attached hydrogens (tertiary/aromatic N) is 4. The number of hydrazine groups is 1. The van der Waals surface area contributed by atoms with Crippen LogP contribution >= 0.6 is 0 Å². The number of halogens is 4. The van der Waals surface area contributed by atoms with Gasteiger partial charge in [-0.05, 0) is 57.8 Å². The van der Waals surface area contributed by atoms with E-state index in [1.165, 1.54) is 29.4 Å². The summed E-state index contributed by atoms with van der Waals surface area (Å²) in [5.41, 5.74) is 7.83. The van der Waals surface area contributed by atoms with E-state index in [0.29, 0.717) is 23.5 Å². The van der Waals surface area contributed by atoms with Gasteiger partial charge >= 0.3 is 5.92 Å². The van der Waals surface area contributed by atoms with Crippen molar-refractivity contribution in [1.82, 2.24) is 14.7 Å². The van der Waals surface area contributed by atoms with Crippen LogP contribution in [0.2, 0.25) is 0 Å². The molecule has 1 amide bonds. The first-order valence-electron chi connectivity index (χ1n) is 12.3. The van der Waals surface area contributed by atoms with Crippen molar-refractivity contribution in [2.24, 2.45) is 18.6 Å². The highest BCUT2D eigenvalue weighted by molar-refractivity contribution is 6.05. The lowest BCUT2D eigenvalue weighted by Gasteiger charge is -2.20. The number of hydrogen-bond acceptors (Lipinski definition) is 7. The fraction of sp³-hybridized carbons (Fsp3) is 0.333. The van der Waals surface area contributed by atoms with Gasteiger partial charge in [0.2, 0.25) is 0 Å². The minimum absolute atomic E-state index is 0.134. The Morgan fingerprint density at radius 2 is 1.90 bits per heavy atom. The van der Waals surface area contributed by atoms with Gasteiger partial charge in [0.15, 0.2) is 12.5 Å². The summed E-state index contributed by atoms with van der Waals surface area (Å²) in [5, 5.41) is 10.7. The Morgan fingerprint density at radius 3 is 2.50 bits per heavy atom. The highest BCUT2D eigenvalue weighted by Crippen LogP contribution is 2.36. The number of carbonyl (C=O) groups is 1. The monoisotopic (exact) mass is 562 g/mol. The molecule has 1 heterocycles. The van der Waals surface area contributed by atoms with E-state index in [2.05, 4.69) is 15.7 Å². The van der Waals surface area contributed by atoms with Gasteiger partial charge in [-0.2, -0.15) is 13.9 Å². The lowest BCUT2D eigenvalue weighted by atomic mass is 10.1. The molecule has 0 aliphatic carbocycles. The van der Waals surface area contributed by atoms with Crippen LogP contribution in [0.25, 0.3) is 5.70 Å². The van der Waals surface area contributed by atoms with Crippen molar-refractivity contribution in [3.05, 3.63) is 76.5 Å². The van der Waals surface area contributed by atoms with E-state index in [0.717, 1.165) is 17.3 Å². The molecule has 6 N–H and O–H groups in total. The molecule has 0 spiro atoms. The number of rotatable bonds is 11. The molecule has 3 aromatic rings. The van der Waals surface area contributed by atoms with Crippen LogP contribution in [0.15, 0.2) is 42.7 Å². The molecule has 0 saturated carbocycles. The number of carbonyl (C=O) groups excluding carboxylic acids is 1. The molecule has 2 aromatic carbocycles. The van der Waals surface area contributed by atoms with Crippen LogP contribution in [0.5, 0.6) is 0 Å². The minimum atomic E-state index is -4.08. The summed E-state index contributed by atoms with van der Waals surface area (Å²) in [5.74, 6) is 0.202. The van der Waals surface area contributed by atoms with Crippen molar-refractivity contribution in [1.29, 1.82) is 0 Å². The number of nitrogens with two attached hydrogens (primary N) is 2. The smallest absolute Gasteiger partial charge is 0.303 e. The van der Waals surface area contributed by atoms with Crippen LogP contribution < -0.4 is 27.2 Å². The quantitative estimate of drug-likeness (QED) is 0.158. The molecule has 0 radical (unpaired) electrons. The van der Waals surface area contributed by atoms with Gasteiger partial charge < -0.3 is 21.3 Å². The van der Waals surface area contributed by atoms with Crippen LogP contribution in [0.3, 0.4) is 0 Å². The number of aromatic nitrogens is 2. The number of amides is 1. The molecule has 0 unspecified atom stereocenters. The number of aryl methyl sites for hydroxylation is 2. The zero-order valence-corrected chi connectivity index (χ0v) is 23.0. The summed E-state index contributed by atoms with van der Waals surface area (Å²) in [6, 6.07) is 6.60. The summed E-state index contributed by atoms with van der Waals surface area (Å²) >= 11 is 0. The molecule has 0 aliphatic heterocycles. The fourth-order valence-corrected chi connectivity index (χ4v) is 3.88. The van der Waals surface area contributed by atoms with Gasteiger partial charge in [0, 0.05) is 48.8 Å². The first kappa shape index (κ1) is 30.4. The maximum atomic E-state index is 14.9. The third-order valence-corrected chi connectivity index (χ3v) is 6.34. The molecule has 216 valence electrons. The van der Waals surface area contributed by atoms with Gasteiger partial charge in [0.25, 0.3) is 5.91 Å². The maximum absolute atomic E-state index is 14.9. The zero-order chi connectivity index (χ0) is 29.8. The lowest BCUT2D eigenvalue weighted by Crippen LogP contribution is -2.27. The fourth-order valence-electron chi connectivity index (χ4n) is 3.88. The van der Waals surface area contributed by atoms with Crippen molar-refractivity contribution in [2.45, 2.75) is 19.8 Å². The zero-order valence-electron chi connectivity index (χ0n) is 23.0. The highest BCUT2D eigenvalue weighted by Gasteiger charge is 2.36. The van der Waals surface area contributed by atoms with Gasteiger partial charge in [-0.15, -0.1) is 0 Å². The van der Waals surface area contributed by atoms with Crippen molar-refractivity contribution in [2.75, 3.05) is 49.5 Å². The normalized spacial score (nSPS) is 12.1. The SMILES string of the molecule is Cc1ccc(C(=O)Nc2cc(NCCN(C)C)c(F)c(C(F)(F)CF)c2)cc1N(N)/C=C(\N)c1cnn(C)c1C. The van der Waals surface area contributed by atoms with E-state index in [-0.39, 0.29) is 23.5 Å². The van der Waals surface area contributed by atoms with Gasteiger partial charge in [0.1, 0.15) is 0 Å². The summed E-state index contributed by atoms with van der Waals surface area (Å²) in [4.78, 5) is 14.9. The molecule has 3 rings (SSSR count). The van der Waals surface area contributed by atoms with Crippen molar-refractivity contribution in [3.63, 3.8) is 0 Å². The van der Waals surface area contributed by atoms with Crippen LogP contribution in [0.1, 0.15) is 32.7 Å². The third-order valence-electron chi connectivity index (χ3n) is 6.34. The van der Waals surface area contributed by atoms with E-state index in [1.807, 2.05) is 11.8 Å². The molecule has 0 atom stereocenters. The Hall–Kier alpha value is -4.10. The van der Waals surface area contributed by atoms with E-state index in [4.69, 9.17) is 11.6 Å². The second kappa shape index (κ2) is 12.4. The van der Waals surface area contributed by atoms with Gasteiger partial charge in [-0.3, -0.25) is 14.5 Å². The van der Waals surface area contributed by atoms with Crippen LogP contribution in [0.4, 0.5) is 34.6 Å². The van der Waals surface area contributed by atoms with Crippen molar-refractivity contribution in [3.8, 4) is 0 Å². The Kier molecular flexibility index (Phi) is 9.43. The summed E-state index contributed by atoms with van der Waals surface area (Å²) < 4.78 is 58.2. The first-order chi connectivity index (χ1) is 18.7. The largest absolute Gasteiger partial charge is 0.397 e. The standard InChI is InChI=1S/C27H34F4N8O/c1-16-6-7-18(10-24(16)39(33)14-22(32)20-13-35-38(5)17(20)2)26(40)36-19-11-21(27(30,31)15-28)25(29)23(12-19)34-8-9-37(3)4/h6-7,10-14,34H,8-9,15,32-33H2,1-5H3,(H,36,40)/b22-14-. The predicted molar refractivity (Wildman–Crippen MR) is 149 cm³/mol. The van der Waals surface area contributed by atoms with E-state index < -0.39 is 29.9 Å². The van der Waals surface area contributed by atoms with Gasteiger partial charge in [0.05, 0.1) is 28.8 Å². The van der Waals surface area contributed by atoms with Crippen LogP contribution in [0, 0.1) is 19.7 Å². The third kappa shape index (κ3) is 6.90. The highest BCUT2D eigenvalue weighted by atomic mass is 19.3. The number of hydrogen-bond donors (Lipinski definition) is 4. The molecule has 0 saturated heterocycles. The van der Waals surface area contributed by atoms with Gasteiger partial charge in [-0.1, -0.05) is 6.07 Å². The summed E-state index contributed by atoms with van der Waals surface area (Å²) in [7, 11) is 5.36. The topological polar surface area (TPSA) is 117 Å². The van der Waals surface area contributed by atoms with E-state index >= 15 is 0 Å². The molecular weight excluding hydrogens is 528 g/mol. The van der Waals surface area contributed by atoms with Gasteiger partial charge in [-0.25, -0.2) is 14.6 Å². The molecule has 0 aliphatic rings. The predicted octanol–water partition coefficient (Wildman–Crippen LogP) is 4.10. The Labute approximate surface area is 230 Å². The van der Waals surface area contributed by atoms with Crippen molar-refractivity contribution < 1.29 is 22.4 Å². The number of alkyl halides is 3. The maximum Gasteiger partial charge on any atom is 0.303 e. The second-order valence-corrected chi connectivity index (χ2v) is 9.67. The number of likely N-dealkylation sites (N-methyl/N-ethyl adjacent to an activating group) is 1. The Balaban J connectivity index is 1.91. The number of anilines is 3. The van der Waals surface area contributed by atoms with E-state index in [1.54, 1.807) is 45.0 Å². The van der Waals surface area contributed by atoms with Crippen LogP contribution in [-0.4, -0.2) is 54.4 Å². The molecule has 1 aromatic heterocycles. The summed E-state index contributed by atoms with van der Waals surface area (Å²) in [6.07, 6.45) is 3.10. The Morgan fingerprint density at radius 1 is 1.20 bits per heavy atom. The second-order valence-electron chi connectivity index (χ2n) is 9.67. The minimum Gasteiger partial charge on any atom is -0.397 e. The molecular formula is C27H34F4N8O. The van der Waals surface area contributed by atoms with Crippen LogP contribution in [-0.2, 0) is 13.0 Å². The lowest BCUT2D eigenvalue weighted by molar-refractivity contribution is -0.0310. The molecule has 13 heteroatoms. The average Bonchev–Trinajstić information content (AvgIpc) is 3.23. The molecule has 0 fully saturated rings. The average molecular weight is 563 g/mol. The molecule has 0 bridgehead atoms. The number of benzene rings is 2. The molecule has 40 heavy (non-hydrogen) atoms. The Bertz CT molecular complexity index is 1400.